The second kappa shape index (κ2) is 4.54. The topological polar surface area (TPSA) is 12.9 Å². The Morgan fingerprint density at radius 3 is 2.64 bits per heavy atom. The summed E-state index contributed by atoms with van der Waals surface area (Å²) < 4.78 is 13.5. The molecule has 0 N–H and O–H groups in total. The predicted molar refractivity (Wildman–Crippen MR) is 56.7 cm³/mol. The molecule has 0 amide bonds. The lowest BCUT2D eigenvalue weighted by molar-refractivity contribution is 0.387. The van der Waals surface area contributed by atoms with Gasteiger partial charge in [-0.3, -0.25) is 0 Å². The van der Waals surface area contributed by atoms with Crippen molar-refractivity contribution < 1.29 is 4.39 Å². The summed E-state index contributed by atoms with van der Waals surface area (Å²) in [5, 5.41) is 0. The van der Waals surface area contributed by atoms with Crippen LogP contribution in [0.1, 0.15) is 45.6 Å². The normalized spacial score (nSPS) is 15.1. The molecule has 14 heavy (non-hydrogen) atoms. The van der Waals surface area contributed by atoms with Crippen molar-refractivity contribution in [1.82, 2.24) is 4.98 Å². The molecule has 0 bridgehead atoms. The Bertz CT molecular complexity index is 298. The molecule has 1 nitrogen and oxygen atoms in total. The average Bonchev–Trinajstić information content (AvgIpc) is 2.18. The Kier molecular flexibility index (Phi) is 3.62. The van der Waals surface area contributed by atoms with Crippen LogP contribution in [-0.2, 0) is 5.41 Å². The van der Waals surface area contributed by atoms with Crippen LogP contribution in [0.2, 0.25) is 0 Å². The van der Waals surface area contributed by atoms with Crippen LogP contribution < -0.4 is 0 Å². The van der Waals surface area contributed by atoms with Gasteiger partial charge in [0, 0.05) is 11.8 Å². The molecule has 78 valence electrons. The van der Waals surface area contributed by atoms with Crippen molar-refractivity contribution in [2.45, 2.75) is 45.4 Å². The Morgan fingerprint density at radius 2 is 2.14 bits per heavy atom. The van der Waals surface area contributed by atoms with Gasteiger partial charge in [0.15, 0.2) is 0 Å². The fourth-order valence-corrected chi connectivity index (χ4v) is 1.89. The van der Waals surface area contributed by atoms with Crippen molar-refractivity contribution in [2.24, 2.45) is 0 Å². The van der Waals surface area contributed by atoms with Crippen molar-refractivity contribution in [1.29, 1.82) is 0 Å². The molecule has 1 heterocycles. The van der Waals surface area contributed by atoms with Crippen LogP contribution in [0.5, 0.6) is 0 Å². The van der Waals surface area contributed by atoms with E-state index in [9.17, 15) is 4.39 Å². The Morgan fingerprint density at radius 1 is 1.43 bits per heavy atom. The Labute approximate surface area is 85.4 Å². The third-order valence-corrected chi connectivity index (χ3v) is 2.99. The molecule has 0 aliphatic heterocycles. The molecule has 0 saturated heterocycles. The molecule has 0 saturated carbocycles. The molecule has 0 fully saturated rings. The molecular weight excluding hydrogens is 177 g/mol. The van der Waals surface area contributed by atoms with Crippen molar-refractivity contribution in [3.05, 3.63) is 29.8 Å². The Balaban J connectivity index is 3.05. The molecule has 1 unspecified atom stereocenters. The maximum absolute atomic E-state index is 13.5. The molecule has 1 aromatic rings. The number of pyridine rings is 1. The van der Waals surface area contributed by atoms with E-state index in [-0.39, 0.29) is 11.4 Å². The lowest BCUT2D eigenvalue weighted by Gasteiger charge is -2.28. The highest BCUT2D eigenvalue weighted by Gasteiger charge is 2.26. The zero-order chi connectivity index (χ0) is 10.6. The van der Waals surface area contributed by atoms with Gasteiger partial charge in [0.2, 0.25) is 5.95 Å². The lowest BCUT2D eigenvalue weighted by Crippen LogP contribution is -2.22. The van der Waals surface area contributed by atoms with Crippen LogP contribution in [0.25, 0.3) is 0 Å². The van der Waals surface area contributed by atoms with Gasteiger partial charge in [0.05, 0.1) is 0 Å². The Hall–Kier alpha value is -0.920. The van der Waals surface area contributed by atoms with E-state index >= 15 is 0 Å². The smallest absolute Gasteiger partial charge is 0.216 e. The van der Waals surface area contributed by atoms with E-state index in [4.69, 9.17) is 0 Å². The minimum Gasteiger partial charge on any atom is -0.228 e. The first-order chi connectivity index (χ1) is 6.64. The first kappa shape index (κ1) is 11.2. The number of rotatable bonds is 4. The molecule has 0 radical (unpaired) electrons. The molecular formula is C12H18FN. The van der Waals surface area contributed by atoms with E-state index in [1.807, 2.05) is 12.1 Å². The van der Waals surface area contributed by atoms with Crippen molar-refractivity contribution in [3.8, 4) is 0 Å². The molecule has 0 aromatic carbocycles. The first-order valence-corrected chi connectivity index (χ1v) is 5.25. The summed E-state index contributed by atoms with van der Waals surface area (Å²) in [6.07, 6.45) is 4.52. The van der Waals surface area contributed by atoms with Crippen LogP contribution in [0.3, 0.4) is 0 Å². The largest absolute Gasteiger partial charge is 0.228 e. The molecule has 1 aromatic heterocycles. The number of hydrogen-bond acceptors (Lipinski definition) is 1. The van der Waals surface area contributed by atoms with E-state index < -0.39 is 0 Å². The zero-order valence-electron chi connectivity index (χ0n) is 9.18. The maximum atomic E-state index is 13.5. The minimum atomic E-state index is -0.315. The van der Waals surface area contributed by atoms with Crippen LogP contribution in [0.4, 0.5) is 4.39 Å². The summed E-state index contributed by atoms with van der Waals surface area (Å²) in [4.78, 5) is 3.71. The lowest BCUT2D eigenvalue weighted by atomic mass is 9.77. The molecule has 2 heteroatoms. The number of hydrogen-bond donors (Lipinski definition) is 0. The third-order valence-electron chi connectivity index (χ3n) is 2.99. The van der Waals surface area contributed by atoms with Gasteiger partial charge in [-0.05, 0) is 24.3 Å². The summed E-state index contributed by atoms with van der Waals surface area (Å²) in [5.74, 6) is -0.315. The second-order valence-corrected chi connectivity index (χ2v) is 4.01. The average molecular weight is 195 g/mol. The minimum absolute atomic E-state index is 0.0624. The van der Waals surface area contributed by atoms with E-state index in [1.54, 1.807) is 0 Å². The van der Waals surface area contributed by atoms with Gasteiger partial charge < -0.3 is 0 Å². The summed E-state index contributed by atoms with van der Waals surface area (Å²) in [6, 6.07) is 3.66. The van der Waals surface area contributed by atoms with Gasteiger partial charge >= 0.3 is 0 Å². The maximum Gasteiger partial charge on any atom is 0.216 e. The summed E-state index contributed by atoms with van der Waals surface area (Å²) >= 11 is 0. The number of aromatic nitrogens is 1. The van der Waals surface area contributed by atoms with Gasteiger partial charge in [-0.25, -0.2) is 4.98 Å². The summed E-state index contributed by atoms with van der Waals surface area (Å²) in [6.45, 7) is 6.33. The van der Waals surface area contributed by atoms with E-state index in [0.29, 0.717) is 0 Å². The van der Waals surface area contributed by atoms with Crippen LogP contribution >= 0.6 is 0 Å². The van der Waals surface area contributed by atoms with E-state index in [0.717, 1.165) is 24.8 Å². The fourth-order valence-electron chi connectivity index (χ4n) is 1.89. The van der Waals surface area contributed by atoms with Gasteiger partial charge in [-0.2, -0.15) is 4.39 Å². The van der Waals surface area contributed by atoms with Crippen LogP contribution in [0, 0.1) is 5.95 Å². The van der Waals surface area contributed by atoms with Gasteiger partial charge in [-0.1, -0.05) is 33.3 Å². The quantitative estimate of drug-likeness (QED) is 0.668. The van der Waals surface area contributed by atoms with Gasteiger partial charge in [0.1, 0.15) is 0 Å². The standard InChI is InChI=1S/C12H18FN/c1-4-8-12(3,5-2)10-7-6-9-14-11(10)13/h6-7,9H,4-5,8H2,1-3H3. The summed E-state index contributed by atoms with van der Waals surface area (Å²) in [7, 11) is 0. The number of halogens is 1. The van der Waals surface area contributed by atoms with E-state index in [1.165, 1.54) is 6.20 Å². The highest BCUT2D eigenvalue weighted by molar-refractivity contribution is 5.21. The second-order valence-electron chi connectivity index (χ2n) is 4.01. The van der Waals surface area contributed by atoms with Crippen molar-refractivity contribution in [3.63, 3.8) is 0 Å². The third kappa shape index (κ3) is 2.11. The molecule has 0 aliphatic rings. The highest BCUT2D eigenvalue weighted by atomic mass is 19.1. The monoisotopic (exact) mass is 195 g/mol. The first-order valence-electron chi connectivity index (χ1n) is 5.25. The van der Waals surface area contributed by atoms with Crippen LogP contribution in [-0.4, -0.2) is 4.98 Å². The molecule has 1 rings (SSSR count). The number of nitrogens with zero attached hydrogens (tertiary/aromatic N) is 1. The SMILES string of the molecule is CCCC(C)(CC)c1cccnc1F. The highest BCUT2D eigenvalue weighted by Crippen LogP contribution is 2.33. The summed E-state index contributed by atoms with van der Waals surface area (Å²) in [5.41, 5.74) is 0.692. The molecule has 0 spiro atoms. The molecule has 1 atom stereocenters. The van der Waals surface area contributed by atoms with Crippen molar-refractivity contribution in [2.75, 3.05) is 0 Å². The van der Waals surface area contributed by atoms with Crippen LogP contribution in [0.15, 0.2) is 18.3 Å². The zero-order valence-corrected chi connectivity index (χ0v) is 9.18. The predicted octanol–water partition coefficient (Wildman–Crippen LogP) is 3.69. The van der Waals surface area contributed by atoms with Crippen molar-refractivity contribution >= 4 is 0 Å². The molecule has 0 aliphatic carbocycles. The van der Waals surface area contributed by atoms with Gasteiger partial charge in [0.25, 0.3) is 0 Å². The fraction of sp³-hybridized carbons (Fsp3) is 0.583. The van der Waals surface area contributed by atoms with Gasteiger partial charge in [-0.15, -0.1) is 0 Å². The van der Waals surface area contributed by atoms with E-state index in [2.05, 4.69) is 25.8 Å².